The minimum atomic E-state index is -0.656. The predicted molar refractivity (Wildman–Crippen MR) is 274 cm³/mol. The van der Waals surface area contributed by atoms with Crippen molar-refractivity contribution in [3.05, 3.63) is 0 Å². The third kappa shape index (κ3) is 45.0. The van der Waals surface area contributed by atoms with Crippen molar-refractivity contribution in [2.45, 2.75) is 341 Å². The summed E-state index contributed by atoms with van der Waals surface area (Å²) < 4.78 is 23.4. The first-order chi connectivity index (χ1) is 31.6. The van der Waals surface area contributed by atoms with Crippen molar-refractivity contribution in [2.24, 2.45) is 0 Å². The van der Waals surface area contributed by atoms with E-state index in [1.54, 1.807) is 0 Å². The summed E-state index contributed by atoms with van der Waals surface area (Å²) in [6, 6.07) is 0. The van der Waals surface area contributed by atoms with Crippen molar-refractivity contribution in [2.75, 3.05) is 13.2 Å². The van der Waals surface area contributed by atoms with Crippen LogP contribution in [0, 0.1) is 0 Å². The summed E-state index contributed by atoms with van der Waals surface area (Å²) in [6.45, 7) is 13.4. The number of carbonyl (C=O) groups is 2. The van der Waals surface area contributed by atoms with Crippen LogP contribution in [-0.4, -0.2) is 65.6 Å². The Hall–Kier alpha value is -1.22. The Labute approximate surface area is 404 Å². The monoisotopic (exact) mass is 925 g/mol. The van der Waals surface area contributed by atoms with Gasteiger partial charge in [0.1, 0.15) is 12.2 Å². The predicted octanol–water partition coefficient (Wildman–Crippen LogP) is 16.8. The lowest BCUT2D eigenvalue weighted by Crippen LogP contribution is -2.22. The van der Waals surface area contributed by atoms with Gasteiger partial charge in [-0.2, -0.15) is 0 Å². The molecule has 2 N–H and O–H groups in total. The highest BCUT2D eigenvalue weighted by molar-refractivity contribution is 5.69. The van der Waals surface area contributed by atoms with Crippen LogP contribution >= 0.6 is 0 Å². The SMILES string of the molecule is CCCCCCCCCCCCC(=O)OC(CCCCCCCC)CCCC(O)CO.CCCCCCCCCCCCC(=O)OC(CCCCCCCC)CCCC1COC(C)(C)O1. The summed E-state index contributed by atoms with van der Waals surface area (Å²) in [6.07, 6.45) is 48.3. The number of rotatable bonds is 47. The van der Waals surface area contributed by atoms with Crippen LogP contribution in [0.25, 0.3) is 0 Å². The lowest BCUT2D eigenvalue weighted by molar-refractivity contribution is -0.151. The van der Waals surface area contributed by atoms with Gasteiger partial charge in [0.25, 0.3) is 0 Å². The van der Waals surface area contributed by atoms with Crippen molar-refractivity contribution in [1.29, 1.82) is 0 Å². The summed E-state index contributed by atoms with van der Waals surface area (Å²) in [4.78, 5) is 24.8. The Morgan fingerprint density at radius 1 is 0.477 bits per heavy atom. The highest BCUT2D eigenvalue weighted by Gasteiger charge is 2.32. The molecule has 0 aliphatic carbocycles. The van der Waals surface area contributed by atoms with Crippen molar-refractivity contribution < 1.29 is 38.7 Å². The van der Waals surface area contributed by atoms with Gasteiger partial charge >= 0.3 is 11.9 Å². The Balaban J connectivity index is 0.00000127. The van der Waals surface area contributed by atoms with Gasteiger partial charge in [0.2, 0.25) is 0 Å². The summed E-state index contributed by atoms with van der Waals surface area (Å²) >= 11 is 0. The third-order valence-electron chi connectivity index (χ3n) is 13.2. The molecule has 388 valence electrons. The Kier molecular flexibility index (Phi) is 46.9. The molecule has 0 spiro atoms. The summed E-state index contributed by atoms with van der Waals surface area (Å²) in [7, 11) is 0. The van der Waals surface area contributed by atoms with Gasteiger partial charge in [0, 0.05) is 12.8 Å². The van der Waals surface area contributed by atoms with E-state index in [1.807, 2.05) is 13.8 Å². The maximum absolute atomic E-state index is 12.5. The van der Waals surface area contributed by atoms with Crippen molar-refractivity contribution in [3.63, 3.8) is 0 Å². The van der Waals surface area contributed by atoms with E-state index in [-0.39, 0.29) is 36.9 Å². The minimum absolute atomic E-state index is 0.0112. The van der Waals surface area contributed by atoms with Gasteiger partial charge in [-0.05, 0) is 90.9 Å². The van der Waals surface area contributed by atoms with E-state index < -0.39 is 11.9 Å². The fourth-order valence-corrected chi connectivity index (χ4v) is 8.98. The fourth-order valence-electron chi connectivity index (χ4n) is 8.98. The highest BCUT2D eigenvalue weighted by Crippen LogP contribution is 2.26. The van der Waals surface area contributed by atoms with Crippen LogP contribution < -0.4 is 0 Å². The molecule has 4 atom stereocenters. The molecule has 0 bridgehead atoms. The molecule has 1 aliphatic heterocycles. The van der Waals surface area contributed by atoms with Crippen LogP contribution in [0.15, 0.2) is 0 Å². The van der Waals surface area contributed by atoms with Gasteiger partial charge in [0.15, 0.2) is 5.79 Å². The number of hydrogen-bond acceptors (Lipinski definition) is 8. The second-order valence-corrected chi connectivity index (χ2v) is 20.3. The molecule has 0 radical (unpaired) electrons. The van der Waals surface area contributed by atoms with Crippen LogP contribution in [0.3, 0.4) is 0 Å². The van der Waals surface area contributed by atoms with Crippen LogP contribution in [-0.2, 0) is 28.5 Å². The standard InChI is InChI=1S/C30H58O4.C27H54O4/c1-5-7-9-11-13-14-15-16-18-20-25-29(31)33-27(22-19-17-12-10-8-6-2)23-21-24-28-26-32-30(3,4)34-28;1-3-5-7-9-11-12-13-14-16-18-23-27(30)31-26(22-19-20-25(29)24-28)21-17-15-10-8-6-4-2/h27-28H,5-26H2,1-4H3;25-26,28-29H,3-24H2,1-2H3. The van der Waals surface area contributed by atoms with E-state index in [0.717, 1.165) is 83.5 Å². The lowest BCUT2D eigenvalue weighted by Gasteiger charge is -2.20. The van der Waals surface area contributed by atoms with E-state index in [0.29, 0.717) is 25.9 Å². The molecule has 1 saturated heterocycles. The van der Waals surface area contributed by atoms with Gasteiger partial charge in [-0.1, -0.05) is 207 Å². The third-order valence-corrected chi connectivity index (χ3v) is 13.2. The number of ether oxygens (including phenoxy) is 4. The maximum atomic E-state index is 12.5. The van der Waals surface area contributed by atoms with Crippen LogP contribution in [0.5, 0.6) is 0 Å². The fraction of sp³-hybridized carbons (Fsp3) is 0.965. The second kappa shape index (κ2) is 47.8. The molecular formula is C57H112O8. The molecule has 4 unspecified atom stereocenters. The molecule has 1 rings (SSSR count). The lowest BCUT2D eigenvalue weighted by atomic mass is 10.0. The molecule has 0 aromatic heterocycles. The van der Waals surface area contributed by atoms with E-state index >= 15 is 0 Å². The zero-order valence-electron chi connectivity index (χ0n) is 44.3. The normalized spacial score (nSPS) is 15.9. The number of aliphatic hydroxyl groups is 2. The molecular weight excluding hydrogens is 813 g/mol. The number of aliphatic hydroxyl groups excluding tert-OH is 2. The Morgan fingerprint density at radius 3 is 1.14 bits per heavy atom. The smallest absolute Gasteiger partial charge is 0.306 e. The van der Waals surface area contributed by atoms with Crippen molar-refractivity contribution >= 4 is 11.9 Å². The number of hydrogen-bond donors (Lipinski definition) is 2. The van der Waals surface area contributed by atoms with Crippen LogP contribution in [0.2, 0.25) is 0 Å². The quantitative estimate of drug-likeness (QED) is 0.0459. The first-order valence-electron chi connectivity index (χ1n) is 28.6. The van der Waals surface area contributed by atoms with E-state index in [4.69, 9.17) is 24.1 Å². The first-order valence-corrected chi connectivity index (χ1v) is 28.6. The Bertz CT molecular complexity index is 1000. The number of carbonyl (C=O) groups excluding carboxylic acids is 2. The first kappa shape index (κ1) is 63.8. The summed E-state index contributed by atoms with van der Waals surface area (Å²) in [5.41, 5.74) is 0. The average Bonchev–Trinajstić information content (AvgIpc) is 3.64. The molecule has 0 saturated carbocycles. The molecule has 8 heteroatoms. The van der Waals surface area contributed by atoms with Gasteiger partial charge in [0.05, 0.1) is 25.4 Å². The largest absolute Gasteiger partial charge is 0.462 e. The number of unbranched alkanes of at least 4 members (excludes halogenated alkanes) is 28. The molecule has 0 aromatic carbocycles. The minimum Gasteiger partial charge on any atom is -0.462 e. The van der Waals surface area contributed by atoms with Crippen molar-refractivity contribution in [1.82, 2.24) is 0 Å². The zero-order chi connectivity index (χ0) is 47.9. The average molecular weight is 926 g/mol. The van der Waals surface area contributed by atoms with Gasteiger partial charge in [-0.3, -0.25) is 9.59 Å². The Morgan fingerprint density at radius 2 is 0.800 bits per heavy atom. The molecule has 8 nitrogen and oxygen atoms in total. The van der Waals surface area contributed by atoms with Crippen molar-refractivity contribution in [3.8, 4) is 0 Å². The molecule has 0 aromatic rings. The molecule has 65 heavy (non-hydrogen) atoms. The summed E-state index contributed by atoms with van der Waals surface area (Å²) in [5, 5.41) is 18.5. The molecule has 1 aliphatic rings. The van der Waals surface area contributed by atoms with E-state index in [9.17, 15) is 14.7 Å². The van der Waals surface area contributed by atoms with E-state index in [2.05, 4.69) is 27.7 Å². The topological polar surface area (TPSA) is 112 Å². The molecule has 1 fully saturated rings. The van der Waals surface area contributed by atoms with Crippen LogP contribution in [0.4, 0.5) is 0 Å². The summed E-state index contributed by atoms with van der Waals surface area (Å²) in [5.74, 6) is -0.500. The number of esters is 2. The molecule has 0 amide bonds. The van der Waals surface area contributed by atoms with Gasteiger partial charge in [-0.15, -0.1) is 0 Å². The molecule has 1 heterocycles. The van der Waals surface area contributed by atoms with Gasteiger partial charge < -0.3 is 29.2 Å². The van der Waals surface area contributed by atoms with Crippen LogP contribution in [0.1, 0.15) is 311 Å². The zero-order valence-corrected chi connectivity index (χ0v) is 44.3. The highest BCUT2D eigenvalue weighted by atomic mass is 16.7. The maximum Gasteiger partial charge on any atom is 0.306 e. The van der Waals surface area contributed by atoms with E-state index in [1.165, 1.54) is 167 Å². The second-order valence-electron chi connectivity index (χ2n) is 20.3. The van der Waals surface area contributed by atoms with Gasteiger partial charge in [-0.25, -0.2) is 0 Å².